The molecule has 0 radical (unpaired) electrons. The number of thiophene rings is 1. The second kappa shape index (κ2) is 6.45. The molecule has 1 aromatic carbocycles. The number of para-hydroxylation sites is 1. The van der Waals surface area contributed by atoms with Gasteiger partial charge in [0.15, 0.2) is 0 Å². The first-order valence-corrected chi connectivity index (χ1v) is 8.22. The van der Waals surface area contributed by atoms with Crippen molar-refractivity contribution in [2.45, 2.75) is 19.3 Å². The smallest absolute Gasteiger partial charge is 0.330 e. The van der Waals surface area contributed by atoms with E-state index in [1.807, 2.05) is 17.5 Å². The Hall–Kier alpha value is -2.67. The number of nitrogens with zero attached hydrogens (tertiary/aromatic N) is 1. The summed E-state index contributed by atoms with van der Waals surface area (Å²) in [6, 6.07) is 7.07. The van der Waals surface area contributed by atoms with Crippen molar-refractivity contribution in [3.63, 3.8) is 0 Å². The number of hydrogen-bond donors (Lipinski definition) is 0. The molecule has 2 aromatic rings. The normalized spacial score (nSPS) is 16.0. The molecule has 124 valence electrons. The van der Waals surface area contributed by atoms with Crippen LogP contribution >= 0.6 is 11.3 Å². The number of benzene rings is 1. The summed E-state index contributed by atoms with van der Waals surface area (Å²) in [6.07, 6.45) is 0.0957. The van der Waals surface area contributed by atoms with Crippen LogP contribution in [0.2, 0.25) is 0 Å². The van der Waals surface area contributed by atoms with Gasteiger partial charge in [-0.25, -0.2) is 4.79 Å². The summed E-state index contributed by atoms with van der Waals surface area (Å²) in [4.78, 5) is 41.3. The Kier molecular flexibility index (Phi) is 4.35. The average Bonchev–Trinajstić information content (AvgIpc) is 3.03. The van der Waals surface area contributed by atoms with Gasteiger partial charge in [-0.1, -0.05) is 18.2 Å². The highest BCUT2D eigenvalue weighted by Gasteiger charge is 2.36. The zero-order chi connectivity index (χ0) is 17.3. The van der Waals surface area contributed by atoms with E-state index in [0.717, 1.165) is 16.2 Å². The van der Waals surface area contributed by atoms with Gasteiger partial charge in [-0.3, -0.25) is 9.59 Å². The molecule has 1 aliphatic rings. The van der Waals surface area contributed by atoms with Gasteiger partial charge in [-0.05, 0) is 22.6 Å². The monoisotopic (exact) mass is 345 g/mol. The zero-order valence-electron chi connectivity index (χ0n) is 13.1. The molecule has 0 aliphatic carbocycles. The fourth-order valence-electron chi connectivity index (χ4n) is 2.79. The lowest BCUT2D eigenvalue weighted by atomic mass is 9.88. The van der Waals surface area contributed by atoms with Gasteiger partial charge in [0.25, 0.3) is 5.91 Å². The molecule has 1 aromatic heterocycles. The van der Waals surface area contributed by atoms with Crippen LogP contribution in [0.15, 0.2) is 35.0 Å². The lowest BCUT2D eigenvalue weighted by molar-refractivity contribution is -0.142. The topological polar surface area (TPSA) is 72.9 Å². The lowest BCUT2D eigenvalue weighted by Crippen LogP contribution is -2.32. The van der Waals surface area contributed by atoms with Crippen molar-refractivity contribution in [1.29, 1.82) is 0 Å². The molecule has 0 bridgehead atoms. The fraction of sp³-hybridized carbons (Fsp3) is 0.235. The van der Waals surface area contributed by atoms with Crippen LogP contribution in [-0.2, 0) is 19.2 Å². The van der Waals surface area contributed by atoms with Crippen molar-refractivity contribution >= 4 is 34.9 Å². The molecular formula is C17H15NO5S. The minimum absolute atomic E-state index is 0.0957. The van der Waals surface area contributed by atoms with Gasteiger partial charge in [0.1, 0.15) is 0 Å². The molecule has 0 saturated carbocycles. The van der Waals surface area contributed by atoms with E-state index in [1.165, 1.54) is 25.4 Å². The first kappa shape index (κ1) is 16.2. The summed E-state index contributed by atoms with van der Waals surface area (Å²) < 4.78 is 4.80. The molecule has 3 rings (SSSR count). The van der Waals surface area contributed by atoms with E-state index >= 15 is 0 Å². The number of methoxy groups -OCH3 is 1. The number of anilines is 1. The Bertz CT molecular complexity index is 813. The minimum atomic E-state index is -0.596. The SMILES string of the molecule is COC(=O)CC1c2cscc2C(=O)N(OC(C)=O)c2ccccc21. The maximum Gasteiger partial charge on any atom is 0.330 e. The number of ether oxygens (including phenoxy) is 1. The molecule has 1 amide bonds. The summed E-state index contributed by atoms with van der Waals surface area (Å²) in [6.45, 7) is 1.24. The van der Waals surface area contributed by atoms with Crippen LogP contribution in [-0.4, -0.2) is 25.0 Å². The molecule has 0 fully saturated rings. The third-order valence-corrected chi connectivity index (χ3v) is 4.59. The Balaban J connectivity index is 2.19. The molecular weight excluding hydrogens is 330 g/mol. The highest BCUT2D eigenvalue weighted by atomic mass is 32.1. The van der Waals surface area contributed by atoms with Crippen LogP contribution in [0.3, 0.4) is 0 Å². The molecule has 0 N–H and O–H groups in total. The zero-order valence-corrected chi connectivity index (χ0v) is 14.0. The van der Waals surface area contributed by atoms with Gasteiger partial charge >= 0.3 is 11.9 Å². The highest BCUT2D eigenvalue weighted by molar-refractivity contribution is 7.08. The highest BCUT2D eigenvalue weighted by Crippen LogP contribution is 2.42. The molecule has 6 nitrogen and oxygen atoms in total. The molecule has 1 atom stereocenters. The maximum atomic E-state index is 12.8. The van der Waals surface area contributed by atoms with Gasteiger partial charge in [-0.2, -0.15) is 11.3 Å². The first-order chi connectivity index (χ1) is 11.5. The third-order valence-electron chi connectivity index (χ3n) is 3.83. The molecule has 1 unspecified atom stereocenters. The van der Waals surface area contributed by atoms with E-state index in [4.69, 9.17) is 9.57 Å². The van der Waals surface area contributed by atoms with Crippen LogP contribution in [0.25, 0.3) is 0 Å². The Labute approximate surface area is 142 Å². The first-order valence-electron chi connectivity index (χ1n) is 7.27. The van der Waals surface area contributed by atoms with Gasteiger partial charge < -0.3 is 9.57 Å². The summed E-state index contributed by atoms with van der Waals surface area (Å²) in [7, 11) is 1.33. The molecule has 7 heteroatoms. The van der Waals surface area contributed by atoms with Crippen LogP contribution in [0.4, 0.5) is 5.69 Å². The van der Waals surface area contributed by atoms with Gasteiger partial charge in [-0.15, -0.1) is 5.06 Å². The molecule has 2 heterocycles. The predicted octanol–water partition coefficient (Wildman–Crippen LogP) is 2.88. The number of amides is 1. The number of carbonyl (C=O) groups excluding carboxylic acids is 3. The number of carbonyl (C=O) groups is 3. The molecule has 24 heavy (non-hydrogen) atoms. The van der Waals surface area contributed by atoms with E-state index in [9.17, 15) is 14.4 Å². The van der Waals surface area contributed by atoms with E-state index < -0.39 is 11.9 Å². The van der Waals surface area contributed by atoms with Crippen LogP contribution in [0.5, 0.6) is 0 Å². The van der Waals surface area contributed by atoms with Crippen molar-refractivity contribution in [3.8, 4) is 0 Å². The Morgan fingerprint density at radius 3 is 2.67 bits per heavy atom. The van der Waals surface area contributed by atoms with E-state index in [2.05, 4.69) is 0 Å². The number of fused-ring (bicyclic) bond motifs is 2. The van der Waals surface area contributed by atoms with E-state index in [1.54, 1.807) is 17.5 Å². The average molecular weight is 345 g/mol. The quantitative estimate of drug-likeness (QED) is 0.800. The second-order valence-corrected chi connectivity index (χ2v) is 6.06. The van der Waals surface area contributed by atoms with Crippen LogP contribution in [0, 0.1) is 0 Å². The third kappa shape index (κ3) is 2.78. The fourth-order valence-corrected chi connectivity index (χ4v) is 3.67. The van der Waals surface area contributed by atoms with Crippen molar-refractivity contribution in [2.24, 2.45) is 0 Å². The summed E-state index contributed by atoms with van der Waals surface area (Å²) in [5.41, 5.74) is 2.34. The molecule has 0 saturated heterocycles. The van der Waals surface area contributed by atoms with E-state index in [0.29, 0.717) is 11.3 Å². The Morgan fingerprint density at radius 2 is 1.96 bits per heavy atom. The minimum Gasteiger partial charge on any atom is -0.469 e. The number of hydroxylamine groups is 1. The largest absolute Gasteiger partial charge is 0.469 e. The predicted molar refractivity (Wildman–Crippen MR) is 87.8 cm³/mol. The van der Waals surface area contributed by atoms with Crippen molar-refractivity contribution < 1.29 is 24.0 Å². The van der Waals surface area contributed by atoms with Crippen molar-refractivity contribution in [1.82, 2.24) is 0 Å². The van der Waals surface area contributed by atoms with Gasteiger partial charge in [0.05, 0.1) is 24.8 Å². The van der Waals surface area contributed by atoms with Crippen LogP contribution in [0.1, 0.15) is 40.7 Å². The maximum absolute atomic E-state index is 12.8. The number of esters is 1. The molecule has 0 spiro atoms. The standard InChI is InChI=1S/C17H15NO5S/c1-10(19)23-18-15-6-4-3-5-11(15)12(7-16(20)22-2)13-8-24-9-14(13)17(18)21/h3-6,8-9,12H,7H2,1-2H3. The summed E-state index contributed by atoms with van der Waals surface area (Å²) in [5.74, 6) is -1.75. The van der Waals surface area contributed by atoms with Gasteiger partial charge in [0.2, 0.25) is 0 Å². The van der Waals surface area contributed by atoms with Crippen LogP contribution < -0.4 is 5.06 Å². The van der Waals surface area contributed by atoms with E-state index in [-0.39, 0.29) is 18.3 Å². The van der Waals surface area contributed by atoms with Gasteiger partial charge in [0, 0.05) is 18.2 Å². The molecule has 1 aliphatic heterocycles. The van der Waals surface area contributed by atoms with Crippen molar-refractivity contribution in [2.75, 3.05) is 12.2 Å². The summed E-state index contributed by atoms with van der Waals surface area (Å²) >= 11 is 1.36. The second-order valence-electron chi connectivity index (χ2n) is 5.31. The summed E-state index contributed by atoms with van der Waals surface area (Å²) in [5, 5.41) is 4.54. The lowest BCUT2D eigenvalue weighted by Gasteiger charge is -2.22. The Morgan fingerprint density at radius 1 is 1.21 bits per heavy atom. The van der Waals surface area contributed by atoms with Crippen molar-refractivity contribution in [3.05, 3.63) is 51.7 Å². The number of hydrogen-bond acceptors (Lipinski definition) is 6. The number of rotatable bonds is 3.